The maximum absolute atomic E-state index is 11.7. The van der Waals surface area contributed by atoms with Crippen molar-refractivity contribution in [2.45, 2.75) is 6.42 Å². The molecule has 74 valence electrons. The van der Waals surface area contributed by atoms with E-state index in [0.29, 0.717) is 6.54 Å². The van der Waals surface area contributed by atoms with E-state index in [2.05, 4.69) is 5.32 Å². The standard InChI is InChI=1S/C11H13NO2/c1-14-9-3-2-8-4-5-12-7-11(13)10(8)6-9/h2-3,6,12H,4-5,7H2,1H3. The van der Waals surface area contributed by atoms with Gasteiger partial charge in [0, 0.05) is 5.56 Å². The van der Waals surface area contributed by atoms with Crippen LogP contribution in [0.2, 0.25) is 0 Å². The lowest BCUT2D eigenvalue weighted by Crippen LogP contribution is -2.21. The summed E-state index contributed by atoms with van der Waals surface area (Å²) in [5, 5.41) is 3.09. The van der Waals surface area contributed by atoms with Crippen LogP contribution >= 0.6 is 0 Å². The Hall–Kier alpha value is -1.35. The number of carbonyl (C=O) groups excluding carboxylic acids is 1. The number of ketones is 1. The second kappa shape index (κ2) is 3.80. The van der Waals surface area contributed by atoms with Gasteiger partial charge in [-0.1, -0.05) is 6.07 Å². The van der Waals surface area contributed by atoms with Crippen LogP contribution in [0.15, 0.2) is 18.2 Å². The summed E-state index contributed by atoms with van der Waals surface area (Å²) in [7, 11) is 1.61. The Morgan fingerprint density at radius 2 is 2.29 bits per heavy atom. The van der Waals surface area contributed by atoms with Gasteiger partial charge in [0.05, 0.1) is 13.7 Å². The summed E-state index contributed by atoms with van der Waals surface area (Å²) in [5.41, 5.74) is 1.91. The quantitative estimate of drug-likeness (QED) is 0.720. The average Bonchev–Trinajstić information content (AvgIpc) is 2.40. The molecule has 1 aromatic carbocycles. The number of Topliss-reactive ketones (excluding diaryl/α,β-unsaturated/α-hetero) is 1. The number of ether oxygens (including phenoxy) is 1. The zero-order valence-electron chi connectivity index (χ0n) is 8.17. The molecule has 3 nitrogen and oxygen atoms in total. The second-order valence-electron chi connectivity index (χ2n) is 3.37. The van der Waals surface area contributed by atoms with Crippen LogP contribution in [-0.4, -0.2) is 26.0 Å². The van der Waals surface area contributed by atoms with Gasteiger partial charge in [-0.05, 0) is 30.7 Å². The van der Waals surface area contributed by atoms with E-state index in [1.54, 1.807) is 7.11 Å². The third kappa shape index (κ3) is 1.63. The molecule has 14 heavy (non-hydrogen) atoms. The van der Waals surface area contributed by atoms with Gasteiger partial charge in [0.2, 0.25) is 0 Å². The maximum atomic E-state index is 11.7. The summed E-state index contributed by atoms with van der Waals surface area (Å²) in [5.74, 6) is 0.899. The molecule has 0 aromatic heterocycles. The molecule has 0 atom stereocenters. The number of methoxy groups -OCH3 is 1. The van der Waals surface area contributed by atoms with Crippen molar-refractivity contribution in [2.24, 2.45) is 0 Å². The summed E-state index contributed by atoms with van der Waals surface area (Å²) in [6, 6.07) is 5.70. The van der Waals surface area contributed by atoms with Gasteiger partial charge in [-0.3, -0.25) is 4.79 Å². The predicted octanol–water partition coefficient (Wildman–Crippen LogP) is 1.02. The first-order chi connectivity index (χ1) is 6.81. The SMILES string of the molecule is COc1ccc2c(c1)C(=O)CNCC2. The summed E-state index contributed by atoms with van der Waals surface area (Å²) >= 11 is 0. The van der Waals surface area contributed by atoms with Crippen molar-refractivity contribution in [3.63, 3.8) is 0 Å². The van der Waals surface area contributed by atoms with Crippen molar-refractivity contribution in [1.82, 2.24) is 5.32 Å². The third-order valence-electron chi connectivity index (χ3n) is 2.47. The Morgan fingerprint density at radius 1 is 1.43 bits per heavy atom. The molecule has 1 aliphatic rings. The Kier molecular flexibility index (Phi) is 2.50. The molecule has 1 N–H and O–H groups in total. The van der Waals surface area contributed by atoms with E-state index in [1.165, 1.54) is 0 Å². The minimum atomic E-state index is 0.149. The lowest BCUT2D eigenvalue weighted by Gasteiger charge is -2.06. The van der Waals surface area contributed by atoms with Gasteiger partial charge in [0.1, 0.15) is 5.75 Å². The molecule has 0 unspecified atom stereocenters. The van der Waals surface area contributed by atoms with Crippen LogP contribution in [0.3, 0.4) is 0 Å². The van der Waals surface area contributed by atoms with E-state index in [-0.39, 0.29) is 5.78 Å². The first-order valence-electron chi connectivity index (χ1n) is 4.72. The Bertz CT molecular complexity index is 360. The molecule has 0 aliphatic carbocycles. The molecule has 0 spiro atoms. The molecule has 1 aromatic rings. The third-order valence-corrected chi connectivity index (χ3v) is 2.47. The fourth-order valence-corrected chi connectivity index (χ4v) is 1.68. The van der Waals surface area contributed by atoms with Crippen molar-refractivity contribution in [2.75, 3.05) is 20.2 Å². The van der Waals surface area contributed by atoms with Crippen LogP contribution in [0.4, 0.5) is 0 Å². The fraction of sp³-hybridized carbons (Fsp3) is 0.364. The molecular formula is C11H13NO2. The van der Waals surface area contributed by atoms with Crippen LogP contribution in [0.5, 0.6) is 5.75 Å². The molecule has 1 heterocycles. The van der Waals surface area contributed by atoms with E-state index in [9.17, 15) is 4.79 Å². The second-order valence-corrected chi connectivity index (χ2v) is 3.37. The first kappa shape index (κ1) is 9.21. The summed E-state index contributed by atoms with van der Waals surface area (Å²) in [4.78, 5) is 11.7. The van der Waals surface area contributed by atoms with E-state index in [1.807, 2.05) is 18.2 Å². The van der Waals surface area contributed by atoms with Crippen molar-refractivity contribution >= 4 is 5.78 Å². The van der Waals surface area contributed by atoms with Gasteiger partial charge in [-0.25, -0.2) is 0 Å². The van der Waals surface area contributed by atoms with E-state index < -0.39 is 0 Å². The Labute approximate surface area is 83.1 Å². The maximum Gasteiger partial charge on any atom is 0.177 e. The number of hydrogen-bond acceptors (Lipinski definition) is 3. The largest absolute Gasteiger partial charge is 0.497 e. The minimum Gasteiger partial charge on any atom is -0.497 e. The molecule has 3 heteroatoms. The smallest absolute Gasteiger partial charge is 0.177 e. The van der Waals surface area contributed by atoms with Gasteiger partial charge in [0.25, 0.3) is 0 Å². The highest BCUT2D eigenvalue weighted by atomic mass is 16.5. The van der Waals surface area contributed by atoms with Crippen molar-refractivity contribution in [3.05, 3.63) is 29.3 Å². The average molecular weight is 191 g/mol. The minimum absolute atomic E-state index is 0.149. The number of rotatable bonds is 1. The number of carbonyl (C=O) groups is 1. The molecule has 0 saturated heterocycles. The van der Waals surface area contributed by atoms with Gasteiger partial charge in [0.15, 0.2) is 5.78 Å². The molecule has 1 aliphatic heterocycles. The Balaban J connectivity index is 2.44. The number of fused-ring (bicyclic) bond motifs is 1. The van der Waals surface area contributed by atoms with E-state index >= 15 is 0 Å². The van der Waals surface area contributed by atoms with Gasteiger partial charge in [-0.2, -0.15) is 0 Å². The number of benzene rings is 1. The number of hydrogen-bond donors (Lipinski definition) is 1. The molecular weight excluding hydrogens is 178 g/mol. The monoisotopic (exact) mass is 191 g/mol. The van der Waals surface area contributed by atoms with Crippen LogP contribution in [0, 0.1) is 0 Å². The molecule has 0 radical (unpaired) electrons. The van der Waals surface area contributed by atoms with Crippen LogP contribution in [0.25, 0.3) is 0 Å². The molecule has 0 saturated carbocycles. The number of nitrogens with one attached hydrogen (secondary N) is 1. The highest BCUT2D eigenvalue weighted by Gasteiger charge is 2.15. The zero-order valence-corrected chi connectivity index (χ0v) is 8.17. The molecule has 0 bridgehead atoms. The van der Waals surface area contributed by atoms with E-state index in [4.69, 9.17) is 4.74 Å². The highest BCUT2D eigenvalue weighted by Crippen LogP contribution is 2.19. The summed E-state index contributed by atoms with van der Waals surface area (Å²) in [6.07, 6.45) is 0.908. The van der Waals surface area contributed by atoms with Crippen LogP contribution in [-0.2, 0) is 6.42 Å². The normalized spacial score (nSPS) is 15.9. The predicted molar refractivity (Wildman–Crippen MR) is 53.9 cm³/mol. The molecule has 2 rings (SSSR count). The lowest BCUT2D eigenvalue weighted by molar-refractivity contribution is 0.0993. The van der Waals surface area contributed by atoms with Crippen molar-refractivity contribution < 1.29 is 9.53 Å². The lowest BCUT2D eigenvalue weighted by atomic mass is 10.0. The van der Waals surface area contributed by atoms with Gasteiger partial charge in [-0.15, -0.1) is 0 Å². The van der Waals surface area contributed by atoms with Gasteiger partial charge >= 0.3 is 0 Å². The highest BCUT2D eigenvalue weighted by molar-refractivity contribution is 5.99. The van der Waals surface area contributed by atoms with Crippen molar-refractivity contribution in [1.29, 1.82) is 0 Å². The van der Waals surface area contributed by atoms with Crippen LogP contribution in [0.1, 0.15) is 15.9 Å². The fourth-order valence-electron chi connectivity index (χ4n) is 1.68. The molecule has 0 amide bonds. The Morgan fingerprint density at radius 3 is 3.07 bits per heavy atom. The molecule has 0 fully saturated rings. The van der Waals surface area contributed by atoms with Crippen LogP contribution < -0.4 is 10.1 Å². The van der Waals surface area contributed by atoms with Gasteiger partial charge < -0.3 is 10.1 Å². The first-order valence-corrected chi connectivity index (χ1v) is 4.72. The van der Waals surface area contributed by atoms with Crippen molar-refractivity contribution in [3.8, 4) is 5.75 Å². The topological polar surface area (TPSA) is 38.3 Å². The van der Waals surface area contributed by atoms with E-state index in [0.717, 1.165) is 29.8 Å². The zero-order chi connectivity index (χ0) is 9.97. The summed E-state index contributed by atoms with van der Waals surface area (Å²) < 4.78 is 5.10. The summed E-state index contributed by atoms with van der Waals surface area (Å²) in [6.45, 7) is 1.30.